The van der Waals surface area contributed by atoms with Crippen LogP contribution in [0.2, 0.25) is 0 Å². The maximum atomic E-state index is 13.7. The number of methoxy groups -OCH3 is 1. The van der Waals surface area contributed by atoms with E-state index in [1.54, 1.807) is 4.90 Å². The Balaban J connectivity index is 0.853. The van der Waals surface area contributed by atoms with Crippen LogP contribution in [0.5, 0.6) is 11.6 Å². The molecular weight excluding hydrogens is 943 g/mol. The summed E-state index contributed by atoms with van der Waals surface area (Å²) in [5.74, 6) is 0.226. The molecule has 4 aromatic rings. The van der Waals surface area contributed by atoms with E-state index in [1.807, 2.05) is 102 Å². The summed E-state index contributed by atoms with van der Waals surface area (Å²) in [5, 5.41) is 14.8. The van der Waals surface area contributed by atoms with Gasteiger partial charge in [-0.05, 0) is 135 Å². The van der Waals surface area contributed by atoms with Gasteiger partial charge < -0.3 is 54.9 Å². The number of carbonyl (C=O) groups excluding carboxylic acids is 4. The summed E-state index contributed by atoms with van der Waals surface area (Å²) in [4.78, 5) is 68.0. The van der Waals surface area contributed by atoms with Crippen molar-refractivity contribution in [2.75, 3.05) is 94.5 Å². The van der Waals surface area contributed by atoms with E-state index in [4.69, 9.17) is 24.7 Å². The topological polar surface area (TPSA) is 210 Å². The third-order valence-electron chi connectivity index (χ3n) is 14.7. The molecule has 0 radical (unpaired) electrons. The Hall–Kier alpha value is -6.73. The van der Waals surface area contributed by atoms with E-state index in [0.717, 1.165) is 80.9 Å². The van der Waals surface area contributed by atoms with Crippen LogP contribution in [0.4, 0.5) is 27.7 Å². The summed E-state index contributed by atoms with van der Waals surface area (Å²) in [6, 6.07) is 21.1. The zero-order chi connectivity index (χ0) is 52.6. The average molecular weight is 1020 g/mol. The first kappa shape index (κ1) is 53.6. The Morgan fingerprint density at radius 2 is 1.66 bits per heavy atom. The van der Waals surface area contributed by atoms with E-state index in [9.17, 15) is 19.2 Å². The molecule has 1 aliphatic carbocycles. The van der Waals surface area contributed by atoms with E-state index in [-0.39, 0.29) is 36.7 Å². The maximum Gasteiger partial charge on any atom is 0.410 e. The van der Waals surface area contributed by atoms with Crippen LogP contribution in [0.1, 0.15) is 84.6 Å². The molecule has 2 bridgehead atoms. The average Bonchev–Trinajstić information content (AvgIpc) is 3.62. The number of benzene rings is 2. The zero-order valence-corrected chi connectivity index (χ0v) is 44.2. The highest BCUT2D eigenvalue weighted by Crippen LogP contribution is 2.43. The van der Waals surface area contributed by atoms with Crippen LogP contribution in [-0.4, -0.2) is 157 Å². The molecule has 19 nitrogen and oxygen atoms in total. The Morgan fingerprint density at radius 1 is 0.919 bits per heavy atom. The smallest absolute Gasteiger partial charge is 0.410 e. The SMILES string of the molecule is COC(=O)C1(C(=O)N[C@@H](CCCCN(C)C)C(=O)Nc2ccc(COc3ccccc3-c3cc(N4CC5CCC(C4)N5c4ccnc(OCCN5CCN(C(=O)OC(C)(C)C)C[C@H]5C)c4)c(N)nn3)cc2)CCC1. The standard InChI is InChI=1S/C55H75N11O8/c1-37-33-64(53(70)74-54(2,3)4)28-27-63(37)29-30-72-48-31-40(22-25-57-48)66-41-20-21-42(66)35-65(34-41)46-32-45(60-61-49(46)56)43-13-8-9-15-47(43)73-36-38-16-18-39(19-17-38)58-50(67)44(14-10-11-26-62(5)6)59-51(68)55(23-12-24-55)52(69)71-7/h8-9,13,15-19,22,25,31-32,37,41-42,44H,10-12,14,20-21,23-24,26-30,33-36H2,1-7H3,(H2,56,61)(H,58,67)(H,59,68)/t37-,41?,42?,44+/m1/s1. The minimum absolute atomic E-state index is 0.176. The molecule has 8 rings (SSSR count). The number of esters is 1. The number of hydrogen-bond donors (Lipinski definition) is 3. The molecule has 5 heterocycles. The summed E-state index contributed by atoms with van der Waals surface area (Å²) < 4.78 is 23.2. The number of rotatable bonds is 20. The van der Waals surface area contributed by atoms with Crippen LogP contribution in [0.25, 0.3) is 11.3 Å². The number of nitrogens with two attached hydrogens (primary N) is 1. The van der Waals surface area contributed by atoms with Crippen LogP contribution in [0.15, 0.2) is 72.9 Å². The monoisotopic (exact) mass is 1020 g/mol. The van der Waals surface area contributed by atoms with Gasteiger partial charge in [0.25, 0.3) is 0 Å². The molecule has 0 spiro atoms. The van der Waals surface area contributed by atoms with Crippen molar-refractivity contribution >= 4 is 46.8 Å². The fraction of sp³-hybridized carbons (Fsp3) is 0.545. The Bertz CT molecular complexity index is 2570. The zero-order valence-electron chi connectivity index (χ0n) is 44.2. The van der Waals surface area contributed by atoms with Gasteiger partial charge in [0.15, 0.2) is 5.82 Å². The van der Waals surface area contributed by atoms with E-state index in [2.05, 4.69) is 58.4 Å². The molecule has 3 amide bonds. The molecule has 2 aromatic heterocycles. The van der Waals surface area contributed by atoms with Gasteiger partial charge in [0, 0.05) is 86.6 Å². The molecule has 74 heavy (non-hydrogen) atoms. The number of piperazine rings is 2. The van der Waals surface area contributed by atoms with Crippen molar-refractivity contribution in [1.82, 2.24) is 35.2 Å². The number of aromatic nitrogens is 3. The first-order valence-corrected chi connectivity index (χ1v) is 26.1. The predicted octanol–water partition coefficient (Wildman–Crippen LogP) is 6.38. The van der Waals surface area contributed by atoms with Crippen molar-refractivity contribution < 1.29 is 38.1 Å². The van der Waals surface area contributed by atoms with Gasteiger partial charge in [0.2, 0.25) is 17.7 Å². The van der Waals surface area contributed by atoms with Crippen molar-refractivity contribution in [3.05, 3.63) is 78.5 Å². The number of nitrogen functional groups attached to an aromatic ring is 1. The van der Waals surface area contributed by atoms with Gasteiger partial charge in [-0.3, -0.25) is 19.3 Å². The van der Waals surface area contributed by atoms with Gasteiger partial charge >= 0.3 is 12.1 Å². The van der Waals surface area contributed by atoms with Gasteiger partial charge in [-0.25, -0.2) is 9.78 Å². The normalized spacial score (nSPS) is 19.8. The van der Waals surface area contributed by atoms with Gasteiger partial charge in [-0.15, -0.1) is 10.2 Å². The second kappa shape index (κ2) is 23.6. The lowest BCUT2D eigenvalue weighted by molar-refractivity contribution is -0.165. The fourth-order valence-electron chi connectivity index (χ4n) is 10.5. The number of nitrogens with zero attached hydrogens (tertiary/aromatic N) is 8. The molecule has 2 unspecified atom stereocenters. The van der Waals surface area contributed by atoms with Crippen molar-refractivity contribution in [1.29, 1.82) is 0 Å². The predicted molar refractivity (Wildman–Crippen MR) is 284 cm³/mol. The van der Waals surface area contributed by atoms with Gasteiger partial charge in [0.1, 0.15) is 36.0 Å². The summed E-state index contributed by atoms with van der Waals surface area (Å²) in [6.07, 6.45) is 7.18. The number of pyridine rings is 1. The number of carbonyl (C=O) groups is 4. The van der Waals surface area contributed by atoms with Crippen LogP contribution >= 0.6 is 0 Å². The number of unbranched alkanes of at least 4 members (excludes halogenated alkanes) is 1. The highest BCUT2D eigenvalue weighted by molar-refractivity contribution is 6.06. The molecule has 4 aliphatic rings. The molecular formula is C55H75N11O8. The van der Waals surface area contributed by atoms with E-state index >= 15 is 0 Å². The number of para-hydroxylation sites is 1. The number of hydrogen-bond acceptors (Lipinski definition) is 16. The van der Waals surface area contributed by atoms with Crippen LogP contribution in [-0.2, 0) is 30.5 Å². The largest absolute Gasteiger partial charge is 0.488 e. The number of ether oxygens (including phenoxy) is 4. The van der Waals surface area contributed by atoms with Gasteiger partial charge in [0.05, 0.1) is 18.5 Å². The number of anilines is 4. The molecule has 1 saturated carbocycles. The molecule has 2 aromatic carbocycles. The van der Waals surface area contributed by atoms with E-state index in [0.29, 0.717) is 74.2 Å². The quantitative estimate of drug-likeness (QED) is 0.0499. The fourth-order valence-corrected chi connectivity index (χ4v) is 10.5. The highest BCUT2D eigenvalue weighted by atomic mass is 16.6. The Labute approximate surface area is 435 Å². The molecule has 3 aliphatic heterocycles. The Morgan fingerprint density at radius 3 is 2.34 bits per heavy atom. The van der Waals surface area contributed by atoms with Gasteiger partial charge in [-0.1, -0.05) is 30.7 Å². The third-order valence-corrected chi connectivity index (χ3v) is 14.7. The molecule has 3 saturated heterocycles. The van der Waals surface area contributed by atoms with E-state index in [1.165, 1.54) is 7.11 Å². The number of fused-ring (bicyclic) bond motifs is 2. The lowest BCUT2D eigenvalue weighted by Gasteiger charge is -2.43. The second-order valence-electron chi connectivity index (χ2n) is 21.4. The van der Waals surface area contributed by atoms with Crippen molar-refractivity contribution in [3.8, 4) is 22.9 Å². The molecule has 4 atom stereocenters. The lowest BCUT2D eigenvalue weighted by atomic mass is 9.68. The summed E-state index contributed by atoms with van der Waals surface area (Å²) in [6.45, 7) is 13.6. The first-order chi connectivity index (χ1) is 35.5. The number of nitrogens with one attached hydrogen (secondary N) is 2. The summed E-state index contributed by atoms with van der Waals surface area (Å²) >= 11 is 0. The minimum atomic E-state index is -1.24. The molecule has 398 valence electrons. The summed E-state index contributed by atoms with van der Waals surface area (Å²) in [5.41, 5.74) is 9.61. The third kappa shape index (κ3) is 13.0. The molecule has 19 heteroatoms. The molecule has 4 fully saturated rings. The highest BCUT2D eigenvalue weighted by Gasteiger charge is 2.52. The number of amides is 3. The van der Waals surface area contributed by atoms with Crippen LogP contribution in [0, 0.1) is 5.41 Å². The summed E-state index contributed by atoms with van der Waals surface area (Å²) in [7, 11) is 5.27. The second-order valence-corrected chi connectivity index (χ2v) is 21.4. The first-order valence-electron chi connectivity index (χ1n) is 26.1. The Kier molecular flexibility index (Phi) is 17.1. The van der Waals surface area contributed by atoms with Crippen molar-refractivity contribution in [2.45, 2.75) is 115 Å². The van der Waals surface area contributed by atoms with Crippen LogP contribution < -0.4 is 35.6 Å². The maximum absolute atomic E-state index is 13.7. The van der Waals surface area contributed by atoms with Crippen LogP contribution in [0.3, 0.4) is 0 Å². The van der Waals surface area contributed by atoms with Gasteiger partial charge in [-0.2, -0.15) is 0 Å². The van der Waals surface area contributed by atoms with Crippen molar-refractivity contribution in [2.24, 2.45) is 5.41 Å². The minimum Gasteiger partial charge on any atom is -0.488 e. The van der Waals surface area contributed by atoms with E-state index < -0.39 is 28.9 Å². The molecule has 4 N–H and O–H groups in total. The van der Waals surface area contributed by atoms with Crippen molar-refractivity contribution in [3.63, 3.8) is 0 Å². The lowest BCUT2D eigenvalue weighted by Crippen LogP contribution is -2.56.